The Labute approximate surface area is 117 Å². The minimum absolute atomic E-state index is 0.296. The van der Waals surface area contributed by atoms with Crippen molar-refractivity contribution in [3.8, 4) is 17.6 Å². The number of benzene rings is 1. The molecular weight excluding hydrogens is 256 g/mol. The van der Waals surface area contributed by atoms with Crippen molar-refractivity contribution >= 4 is 5.82 Å². The Kier molecular flexibility index (Phi) is 4.73. The van der Waals surface area contributed by atoms with E-state index in [1.807, 2.05) is 30.3 Å². The molecule has 20 heavy (non-hydrogen) atoms. The van der Waals surface area contributed by atoms with Gasteiger partial charge in [-0.3, -0.25) is 0 Å². The van der Waals surface area contributed by atoms with E-state index in [0.717, 1.165) is 11.5 Å². The summed E-state index contributed by atoms with van der Waals surface area (Å²) < 4.78 is 10.6. The Morgan fingerprint density at radius 2 is 1.90 bits per heavy atom. The van der Waals surface area contributed by atoms with E-state index in [-0.39, 0.29) is 0 Å². The number of methoxy groups -OCH3 is 1. The summed E-state index contributed by atoms with van der Waals surface area (Å²) in [5, 5.41) is 11.7. The first kappa shape index (κ1) is 13.6. The topological polar surface area (TPSA) is 80.1 Å². The zero-order valence-electron chi connectivity index (χ0n) is 11.0. The molecule has 2 aromatic rings. The van der Waals surface area contributed by atoms with Crippen molar-refractivity contribution in [2.45, 2.75) is 0 Å². The summed E-state index contributed by atoms with van der Waals surface area (Å²) in [5.74, 6) is 2.18. The van der Waals surface area contributed by atoms with Gasteiger partial charge < -0.3 is 14.8 Å². The van der Waals surface area contributed by atoms with Crippen LogP contribution >= 0.6 is 0 Å². The standard InChI is InChI=1S/C14H14N4O2/c1-19-12-2-4-13(5-3-12)20-7-6-16-14-10-17-11(8-15)9-18-14/h2-5,9-10H,6-7H2,1H3,(H,16,18). The third-order valence-electron chi connectivity index (χ3n) is 2.50. The Balaban J connectivity index is 1.74. The fourth-order valence-corrected chi connectivity index (χ4v) is 1.50. The number of hydrogen-bond acceptors (Lipinski definition) is 6. The number of anilines is 1. The Morgan fingerprint density at radius 3 is 2.50 bits per heavy atom. The van der Waals surface area contributed by atoms with Crippen molar-refractivity contribution in [2.75, 3.05) is 25.6 Å². The van der Waals surface area contributed by atoms with E-state index in [9.17, 15) is 0 Å². The number of nitriles is 1. The molecule has 1 aromatic carbocycles. The summed E-state index contributed by atoms with van der Waals surface area (Å²) in [6, 6.07) is 9.30. The van der Waals surface area contributed by atoms with Gasteiger partial charge in [-0.15, -0.1) is 0 Å². The van der Waals surface area contributed by atoms with Gasteiger partial charge >= 0.3 is 0 Å². The lowest BCUT2D eigenvalue weighted by Gasteiger charge is -2.08. The number of nitrogens with zero attached hydrogens (tertiary/aromatic N) is 3. The van der Waals surface area contributed by atoms with Crippen LogP contribution in [0.15, 0.2) is 36.7 Å². The molecule has 0 saturated heterocycles. The van der Waals surface area contributed by atoms with E-state index in [4.69, 9.17) is 14.7 Å². The van der Waals surface area contributed by atoms with Gasteiger partial charge in [0.1, 0.15) is 30.0 Å². The molecule has 102 valence electrons. The van der Waals surface area contributed by atoms with Crippen LogP contribution in [0.2, 0.25) is 0 Å². The van der Waals surface area contributed by atoms with E-state index < -0.39 is 0 Å². The summed E-state index contributed by atoms with van der Waals surface area (Å²) >= 11 is 0. The van der Waals surface area contributed by atoms with Crippen LogP contribution in [-0.4, -0.2) is 30.2 Å². The van der Waals surface area contributed by atoms with E-state index in [2.05, 4.69) is 15.3 Å². The smallest absolute Gasteiger partial charge is 0.158 e. The molecule has 6 heteroatoms. The van der Waals surface area contributed by atoms with Crippen molar-refractivity contribution < 1.29 is 9.47 Å². The van der Waals surface area contributed by atoms with Crippen LogP contribution in [0.3, 0.4) is 0 Å². The highest BCUT2D eigenvalue weighted by molar-refractivity contribution is 5.33. The first-order valence-corrected chi connectivity index (χ1v) is 6.04. The molecule has 0 fully saturated rings. The maximum atomic E-state index is 8.60. The normalized spacial score (nSPS) is 9.60. The molecule has 0 radical (unpaired) electrons. The van der Waals surface area contributed by atoms with Gasteiger partial charge in [-0.2, -0.15) is 5.26 Å². The average Bonchev–Trinajstić information content (AvgIpc) is 2.53. The van der Waals surface area contributed by atoms with Gasteiger partial charge in [0.2, 0.25) is 0 Å². The molecule has 0 unspecified atom stereocenters. The highest BCUT2D eigenvalue weighted by Gasteiger charge is 1.97. The zero-order chi connectivity index (χ0) is 14.2. The van der Waals surface area contributed by atoms with Crippen LogP contribution in [0.4, 0.5) is 5.82 Å². The fourth-order valence-electron chi connectivity index (χ4n) is 1.50. The van der Waals surface area contributed by atoms with Gasteiger partial charge in [-0.25, -0.2) is 9.97 Å². The molecule has 0 amide bonds. The van der Waals surface area contributed by atoms with E-state index in [0.29, 0.717) is 24.7 Å². The Bertz CT molecular complexity index is 576. The molecule has 0 aliphatic rings. The molecule has 0 saturated carbocycles. The third-order valence-corrected chi connectivity index (χ3v) is 2.50. The first-order valence-electron chi connectivity index (χ1n) is 6.04. The number of rotatable bonds is 6. The maximum Gasteiger partial charge on any atom is 0.158 e. The molecular formula is C14H14N4O2. The minimum Gasteiger partial charge on any atom is -0.497 e. The maximum absolute atomic E-state index is 8.60. The van der Waals surface area contributed by atoms with E-state index >= 15 is 0 Å². The zero-order valence-corrected chi connectivity index (χ0v) is 11.0. The van der Waals surface area contributed by atoms with Crippen molar-refractivity contribution in [1.29, 1.82) is 5.26 Å². The molecule has 1 heterocycles. The second-order valence-corrected chi connectivity index (χ2v) is 3.85. The van der Waals surface area contributed by atoms with Crippen molar-refractivity contribution in [3.05, 3.63) is 42.4 Å². The molecule has 1 aromatic heterocycles. The SMILES string of the molecule is COc1ccc(OCCNc2cnc(C#N)cn2)cc1. The fraction of sp³-hybridized carbons (Fsp3) is 0.214. The number of ether oxygens (including phenoxy) is 2. The highest BCUT2D eigenvalue weighted by atomic mass is 16.5. The molecule has 6 nitrogen and oxygen atoms in total. The molecule has 0 bridgehead atoms. The third kappa shape index (κ3) is 3.85. The second kappa shape index (κ2) is 6.95. The van der Waals surface area contributed by atoms with E-state index in [1.165, 1.54) is 12.4 Å². The largest absolute Gasteiger partial charge is 0.497 e. The molecule has 0 aliphatic heterocycles. The quantitative estimate of drug-likeness (QED) is 0.807. The predicted molar refractivity (Wildman–Crippen MR) is 73.7 cm³/mol. The molecule has 0 spiro atoms. The summed E-state index contributed by atoms with van der Waals surface area (Å²) in [6.45, 7) is 1.08. The summed E-state index contributed by atoms with van der Waals surface area (Å²) in [5.41, 5.74) is 0.296. The summed E-state index contributed by atoms with van der Waals surface area (Å²) in [6.07, 6.45) is 2.94. The lowest BCUT2D eigenvalue weighted by Crippen LogP contribution is -2.12. The average molecular weight is 270 g/mol. The lowest BCUT2D eigenvalue weighted by molar-refractivity contribution is 0.331. The van der Waals surface area contributed by atoms with Gasteiger partial charge in [-0.05, 0) is 24.3 Å². The van der Waals surface area contributed by atoms with Crippen LogP contribution in [-0.2, 0) is 0 Å². The minimum atomic E-state index is 0.296. The Morgan fingerprint density at radius 1 is 1.15 bits per heavy atom. The van der Waals surface area contributed by atoms with Gasteiger partial charge in [0.05, 0.1) is 26.0 Å². The van der Waals surface area contributed by atoms with Crippen LogP contribution in [0, 0.1) is 11.3 Å². The lowest BCUT2D eigenvalue weighted by atomic mass is 10.3. The van der Waals surface area contributed by atoms with Gasteiger partial charge in [-0.1, -0.05) is 0 Å². The van der Waals surface area contributed by atoms with Gasteiger partial charge in [0, 0.05) is 0 Å². The van der Waals surface area contributed by atoms with E-state index in [1.54, 1.807) is 7.11 Å². The van der Waals surface area contributed by atoms with Crippen LogP contribution < -0.4 is 14.8 Å². The van der Waals surface area contributed by atoms with Crippen molar-refractivity contribution in [1.82, 2.24) is 9.97 Å². The predicted octanol–water partition coefficient (Wildman–Crippen LogP) is 1.85. The van der Waals surface area contributed by atoms with Gasteiger partial charge in [0.15, 0.2) is 5.69 Å². The van der Waals surface area contributed by atoms with Crippen LogP contribution in [0.5, 0.6) is 11.5 Å². The number of aromatic nitrogens is 2. The van der Waals surface area contributed by atoms with Gasteiger partial charge in [0.25, 0.3) is 0 Å². The van der Waals surface area contributed by atoms with Crippen molar-refractivity contribution in [2.24, 2.45) is 0 Å². The first-order chi connectivity index (χ1) is 9.81. The number of hydrogen-bond donors (Lipinski definition) is 1. The monoisotopic (exact) mass is 270 g/mol. The van der Waals surface area contributed by atoms with Crippen LogP contribution in [0.1, 0.15) is 5.69 Å². The molecule has 0 atom stereocenters. The molecule has 1 N–H and O–H groups in total. The van der Waals surface area contributed by atoms with Crippen LogP contribution in [0.25, 0.3) is 0 Å². The summed E-state index contributed by atoms with van der Waals surface area (Å²) in [7, 11) is 1.62. The molecule has 2 rings (SSSR count). The summed E-state index contributed by atoms with van der Waals surface area (Å²) in [4.78, 5) is 7.96. The Hall–Kier alpha value is -2.81. The van der Waals surface area contributed by atoms with Crippen molar-refractivity contribution in [3.63, 3.8) is 0 Å². The number of nitrogens with one attached hydrogen (secondary N) is 1. The molecule has 0 aliphatic carbocycles. The second-order valence-electron chi connectivity index (χ2n) is 3.85. The highest BCUT2D eigenvalue weighted by Crippen LogP contribution is 2.16.